The van der Waals surface area contributed by atoms with E-state index in [9.17, 15) is 9.90 Å². The monoisotopic (exact) mass is 279 g/mol. The van der Waals surface area contributed by atoms with Crippen molar-refractivity contribution in [1.29, 1.82) is 0 Å². The third kappa shape index (κ3) is 3.20. The third-order valence-corrected chi connectivity index (χ3v) is 4.04. The number of nitrogens with one attached hydrogen (secondary N) is 1. The lowest BCUT2D eigenvalue weighted by Gasteiger charge is -2.38. The summed E-state index contributed by atoms with van der Waals surface area (Å²) < 4.78 is 0. The Morgan fingerprint density at radius 1 is 1.60 bits per heavy atom. The minimum atomic E-state index is -0.0819. The van der Waals surface area contributed by atoms with Crippen LogP contribution in [0.15, 0.2) is 6.07 Å². The van der Waals surface area contributed by atoms with E-state index in [1.54, 1.807) is 4.90 Å². The van der Waals surface area contributed by atoms with Gasteiger partial charge in [0.05, 0.1) is 12.6 Å². The molecule has 1 fully saturated rings. The molecule has 1 amide bonds. The van der Waals surface area contributed by atoms with Crippen molar-refractivity contribution in [2.24, 2.45) is 11.8 Å². The van der Waals surface area contributed by atoms with Crippen LogP contribution in [0.3, 0.4) is 0 Å². The van der Waals surface area contributed by atoms with Gasteiger partial charge in [0.2, 0.25) is 0 Å². The maximum atomic E-state index is 12.5. The van der Waals surface area contributed by atoms with Crippen LogP contribution in [0.5, 0.6) is 0 Å². The zero-order valence-electron chi connectivity index (χ0n) is 12.6. The number of hydrogen-bond acceptors (Lipinski definition) is 3. The van der Waals surface area contributed by atoms with E-state index in [1.807, 2.05) is 6.07 Å². The van der Waals surface area contributed by atoms with E-state index in [-0.39, 0.29) is 18.6 Å². The highest BCUT2D eigenvalue weighted by Crippen LogP contribution is 2.24. The Labute approximate surface area is 120 Å². The van der Waals surface area contributed by atoms with E-state index in [2.05, 4.69) is 31.0 Å². The molecule has 2 unspecified atom stereocenters. The highest BCUT2D eigenvalue weighted by Gasteiger charge is 2.32. The number of aliphatic hydroxyl groups is 1. The largest absolute Gasteiger partial charge is 0.394 e. The minimum absolute atomic E-state index is 0.0240. The van der Waals surface area contributed by atoms with Crippen molar-refractivity contribution in [2.75, 3.05) is 13.2 Å². The van der Waals surface area contributed by atoms with Gasteiger partial charge in [0.15, 0.2) is 0 Å². The lowest BCUT2D eigenvalue weighted by Crippen LogP contribution is -2.49. The van der Waals surface area contributed by atoms with E-state index >= 15 is 0 Å². The van der Waals surface area contributed by atoms with Crippen molar-refractivity contribution in [3.05, 3.63) is 17.5 Å². The second-order valence-corrected chi connectivity index (χ2v) is 6.24. The molecule has 0 aliphatic carbocycles. The predicted molar refractivity (Wildman–Crippen MR) is 77.4 cm³/mol. The topological polar surface area (TPSA) is 69.2 Å². The van der Waals surface area contributed by atoms with Crippen molar-refractivity contribution < 1.29 is 9.90 Å². The number of hydrogen-bond donors (Lipinski definition) is 2. The van der Waals surface area contributed by atoms with Gasteiger partial charge in [-0.05, 0) is 37.2 Å². The number of aromatic nitrogens is 2. The maximum absolute atomic E-state index is 12.5. The van der Waals surface area contributed by atoms with Crippen molar-refractivity contribution in [3.8, 4) is 0 Å². The van der Waals surface area contributed by atoms with Crippen molar-refractivity contribution in [1.82, 2.24) is 15.1 Å². The number of likely N-dealkylation sites (tertiary alicyclic amines) is 1. The van der Waals surface area contributed by atoms with E-state index in [0.29, 0.717) is 24.1 Å². The van der Waals surface area contributed by atoms with Crippen LogP contribution in [0.1, 0.15) is 49.8 Å². The Balaban J connectivity index is 2.11. The fourth-order valence-electron chi connectivity index (χ4n) is 2.94. The summed E-state index contributed by atoms with van der Waals surface area (Å²) in [5, 5.41) is 16.6. The Morgan fingerprint density at radius 3 is 3.00 bits per heavy atom. The standard InChI is InChI=1S/C15H25N3O2/c1-10(2)7-12-8-13(17-16-12)15(20)18-6-4-5-11(3)14(18)9-19/h8,10-11,14,19H,4-7,9H2,1-3H3,(H,16,17). The van der Waals surface area contributed by atoms with Gasteiger partial charge in [0, 0.05) is 12.2 Å². The lowest BCUT2D eigenvalue weighted by atomic mass is 9.91. The first kappa shape index (κ1) is 15.0. The smallest absolute Gasteiger partial charge is 0.274 e. The third-order valence-electron chi connectivity index (χ3n) is 4.04. The molecule has 2 N–H and O–H groups in total. The van der Waals surface area contributed by atoms with E-state index in [1.165, 1.54) is 0 Å². The van der Waals surface area contributed by atoms with Crippen molar-refractivity contribution in [3.63, 3.8) is 0 Å². The molecule has 0 radical (unpaired) electrons. The first-order valence-electron chi connectivity index (χ1n) is 7.49. The molecule has 2 rings (SSSR count). The molecule has 20 heavy (non-hydrogen) atoms. The number of rotatable bonds is 4. The molecule has 1 aliphatic rings. The Morgan fingerprint density at radius 2 is 2.35 bits per heavy atom. The number of H-pyrrole nitrogens is 1. The molecule has 0 spiro atoms. The number of piperidine rings is 1. The molecule has 0 saturated carbocycles. The molecule has 1 aromatic heterocycles. The summed E-state index contributed by atoms with van der Waals surface area (Å²) in [6, 6.07) is 1.76. The number of amides is 1. The molecule has 2 heterocycles. The van der Waals surface area contributed by atoms with Crippen LogP contribution in [0, 0.1) is 11.8 Å². The van der Waals surface area contributed by atoms with E-state index < -0.39 is 0 Å². The van der Waals surface area contributed by atoms with Gasteiger partial charge in [0.25, 0.3) is 5.91 Å². The van der Waals surface area contributed by atoms with Crippen LogP contribution in [-0.2, 0) is 6.42 Å². The highest BCUT2D eigenvalue weighted by atomic mass is 16.3. The maximum Gasteiger partial charge on any atom is 0.274 e. The Hall–Kier alpha value is -1.36. The summed E-state index contributed by atoms with van der Waals surface area (Å²) in [7, 11) is 0. The minimum Gasteiger partial charge on any atom is -0.394 e. The average molecular weight is 279 g/mol. The van der Waals surface area contributed by atoms with E-state index in [0.717, 1.165) is 25.0 Å². The summed E-state index contributed by atoms with van der Waals surface area (Å²) in [5.41, 5.74) is 1.46. The second-order valence-electron chi connectivity index (χ2n) is 6.24. The molecule has 0 bridgehead atoms. The van der Waals surface area contributed by atoms with Crippen LogP contribution in [0.4, 0.5) is 0 Å². The molecule has 5 heteroatoms. The fraction of sp³-hybridized carbons (Fsp3) is 0.733. The van der Waals surface area contributed by atoms with Gasteiger partial charge in [-0.1, -0.05) is 20.8 Å². The molecule has 0 aromatic carbocycles. The highest BCUT2D eigenvalue weighted by molar-refractivity contribution is 5.92. The quantitative estimate of drug-likeness (QED) is 0.883. The number of nitrogens with zero attached hydrogens (tertiary/aromatic N) is 2. The van der Waals surface area contributed by atoms with Gasteiger partial charge in [0.1, 0.15) is 5.69 Å². The molecule has 112 valence electrons. The number of carbonyl (C=O) groups is 1. The normalized spacial score (nSPS) is 23.4. The van der Waals surface area contributed by atoms with Gasteiger partial charge >= 0.3 is 0 Å². The molecule has 1 saturated heterocycles. The molecule has 1 aromatic rings. The van der Waals surface area contributed by atoms with Crippen LogP contribution in [0.25, 0.3) is 0 Å². The van der Waals surface area contributed by atoms with Gasteiger partial charge in [-0.15, -0.1) is 0 Å². The number of aromatic amines is 1. The van der Waals surface area contributed by atoms with Crippen molar-refractivity contribution >= 4 is 5.91 Å². The summed E-state index contributed by atoms with van der Waals surface area (Å²) in [6.45, 7) is 7.10. The summed E-state index contributed by atoms with van der Waals surface area (Å²) >= 11 is 0. The summed E-state index contributed by atoms with van der Waals surface area (Å²) in [6.07, 6.45) is 2.95. The van der Waals surface area contributed by atoms with Crippen LogP contribution in [-0.4, -0.2) is 45.3 Å². The van der Waals surface area contributed by atoms with Crippen LogP contribution in [0.2, 0.25) is 0 Å². The molecule has 5 nitrogen and oxygen atoms in total. The van der Waals surface area contributed by atoms with Crippen molar-refractivity contribution in [2.45, 2.75) is 46.1 Å². The first-order valence-corrected chi connectivity index (χ1v) is 7.49. The van der Waals surface area contributed by atoms with Crippen LogP contribution >= 0.6 is 0 Å². The SMILES string of the molecule is CC(C)Cc1cc(C(=O)N2CCCC(C)C2CO)n[nH]1. The summed E-state index contributed by atoms with van der Waals surface area (Å²) in [4.78, 5) is 14.3. The van der Waals surface area contributed by atoms with Gasteiger partial charge in [-0.3, -0.25) is 9.89 Å². The molecular weight excluding hydrogens is 254 g/mol. The lowest BCUT2D eigenvalue weighted by molar-refractivity contribution is 0.0353. The van der Waals surface area contributed by atoms with Crippen LogP contribution < -0.4 is 0 Å². The second kappa shape index (κ2) is 6.39. The average Bonchev–Trinajstić information content (AvgIpc) is 2.85. The van der Waals surface area contributed by atoms with Gasteiger partial charge in [-0.2, -0.15) is 5.10 Å². The fourth-order valence-corrected chi connectivity index (χ4v) is 2.94. The van der Waals surface area contributed by atoms with Gasteiger partial charge < -0.3 is 10.0 Å². The van der Waals surface area contributed by atoms with E-state index in [4.69, 9.17) is 0 Å². The predicted octanol–water partition coefficient (Wildman–Crippen LogP) is 1.84. The Bertz CT molecular complexity index is 456. The number of aliphatic hydroxyl groups excluding tert-OH is 1. The molecule has 1 aliphatic heterocycles. The zero-order valence-corrected chi connectivity index (χ0v) is 12.6. The first-order chi connectivity index (χ1) is 9.52. The number of carbonyl (C=O) groups excluding carboxylic acids is 1. The Kier molecular flexibility index (Phi) is 4.81. The zero-order chi connectivity index (χ0) is 14.7. The van der Waals surface area contributed by atoms with Gasteiger partial charge in [-0.25, -0.2) is 0 Å². The summed E-state index contributed by atoms with van der Waals surface area (Å²) in [5.74, 6) is 0.798. The molecular formula is C15H25N3O2. The molecule has 2 atom stereocenters.